The molecule has 1 N–H and O–H groups in total. The van der Waals surface area contributed by atoms with Gasteiger partial charge in [0.15, 0.2) is 11.5 Å². The van der Waals surface area contributed by atoms with Crippen LogP contribution in [0.4, 0.5) is 0 Å². The van der Waals surface area contributed by atoms with Crippen LogP contribution in [0.25, 0.3) is 10.8 Å². The van der Waals surface area contributed by atoms with Gasteiger partial charge < -0.3 is 14.6 Å². The molecule has 0 atom stereocenters. The van der Waals surface area contributed by atoms with E-state index in [0.29, 0.717) is 23.9 Å². The Morgan fingerprint density at radius 1 is 0.905 bits per heavy atom. The lowest BCUT2D eigenvalue weighted by atomic mass is 10.1. The zero-order valence-corrected chi connectivity index (χ0v) is 11.7. The number of aromatic hydroxyl groups is 1. The molecule has 21 heavy (non-hydrogen) atoms. The minimum absolute atomic E-state index is 0.213. The van der Waals surface area contributed by atoms with Crippen LogP contribution in [0.3, 0.4) is 0 Å². The zero-order valence-electron chi connectivity index (χ0n) is 11.7. The number of rotatable bonds is 4. The van der Waals surface area contributed by atoms with Gasteiger partial charge in [-0.15, -0.1) is 0 Å². The lowest BCUT2D eigenvalue weighted by Gasteiger charge is -2.14. The summed E-state index contributed by atoms with van der Waals surface area (Å²) in [6, 6.07) is 18.6. The van der Waals surface area contributed by atoms with Crippen molar-refractivity contribution in [2.45, 2.75) is 6.92 Å². The first kappa shape index (κ1) is 13.3. The van der Waals surface area contributed by atoms with Gasteiger partial charge in [-0.3, -0.25) is 0 Å². The number of benzene rings is 3. The van der Waals surface area contributed by atoms with Crippen molar-refractivity contribution in [3.63, 3.8) is 0 Å². The monoisotopic (exact) mass is 280 g/mol. The number of ether oxygens (including phenoxy) is 2. The molecule has 0 spiro atoms. The van der Waals surface area contributed by atoms with Crippen LogP contribution in [-0.4, -0.2) is 11.7 Å². The molecule has 0 fully saturated rings. The third-order valence-corrected chi connectivity index (χ3v) is 3.20. The first-order valence-electron chi connectivity index (χ1n) is 6.89. The Labute approximate surface area is 123 Å². The van der Waals surface area contributed by atoms with Crippen molar-refractivity contribution in [3.05, 3.63) is 60.7 Å². The summed E-state index contributed by atoms with van der Waals surface area (Å²) in [5.41, 5.74) is 0. The average Bonchev–Trinajstić information content (AvgIpc) is 2.52. The Bertz CT molecular complexity index is 748. The normalized spacial score (nSPS) is 10.5. The van der Waals surface area contributed by atoms with Crippen LogP contribution in [0.2, 0.25) is 0 Å². The second kappa shape index (κ2) is 5.75. The minimum atomic E-state index is 0.213. The van der Waals surface area contributed by atoms with Gasteiger partial charge in [-0.05, 0) is 42.6 Å². The number of hydrogen-bond donors (Lipinski definition) is 1. The molecule has 0 aliphatic rings. The van der Waals surface area contributed by atoms with E-state index in [1.165, 1.54) is 0 Å². The van der Waals surface area contributed by atoms with E-state index in [0.717, 1.165) is 10.8 Å². The van der Waals surface area contributed by atoms with Crippen molar-refractivity contribution in [2.24, 2.45) is 0 Å². The highest BCUT2D eigenvalue weighted by atomic mass is 16.5. The van der Waals surface area contributed by atoms with Crippen LogP contribution in [0.15, 0.2) is 60.7 Å². The Morgan fingerprint density at radius 2 is 1.67 bits per heavy atom. The number of fused-ring (bicyclic) bond motifs is 1. The zero-order chi connectivity index (χ0) is 14.7. The summed E-state index contributed by atoms with van der Waals surface area (Å²) >= 11 is 0. The standard InChI is InChI=1S/C18H16O3/c1-2-20-17-12-7-13-5-3-4-6-16(13)18(17)21-15-10-8-14(19)9-11-15/h3-12,19H,2H2,1H3. The molecule has 0 saturated heterocycles. The Hall–Kier alpha value is -2.68. The number of phenolic OH excluding ortho intramolecular Hbond substituents is 1. The van der Waals surface area contributed by atoms with Gasteiger partial charge >= 0.3 is 0 Å². The molecule has 0 unspecified atom stereocenters. The molecular formula is C18H16O3. The van der Waals surface area contributed by atoms with Gasteiger partial charge in [0.2, 0.25) is 0 Å². The molecule has 0 aliphatic carbocycles. The van der Waals surface area contributed by atoms with Gasteiger partial charge in [-0.1, -0.05) is 30.3 Å². The minimum Gasteiger partial charge on any atom is -0.508 e. The van der Waals surface area contributed by atoms with Gasteiger partial charge in [0.05, 0.1) is 6.61 Å². The summed E-state index contributed by atoms with van der Waals surface area (Å²) in [7, 11) is 0. The highest BCUT2D eigenvalue weighted by Gasteiger charge is 2.11. The summed E-state index contributed by atoms with van der Waals surface area (Å²) in [4.78, 5) is 0. The summed E-state index contributed by atoms with van der Waals surface area (Å²) in [6.07, 6.45) is 0. The topological polar surface area (TPSA) is 38.7 Å². The van der Waals surface area contributed by atoms with E-state index in [4.69, 9.17) is 9.47 Å². The van der Waals surface area contributed by atoms with Crippen LogP contribution < -0.4 is 9.47 Å². The summed E-state index contributed by atoms with van der Waals surface area (Å²) < 4.78 is 11.7. The van der Waals surface area contributed by atoms with Gasteiger partial charge in [0.25, 0.3) is 0 Å². The van der Waals surface area contributed by atoms with Crippen molar-refractivity contribution in [2.75, 3.05) is 6.61 Å². The quantitative estimate of drug-likeness (QED) is 0.750. The van der Waals surface area contributed by atoms with Crippen molar-refractivity contribution in [1.82, 2.24) is 0 Å². The molecule has 106 valence electrons. The number of hydrogen-bond acceptors (Lipinski definition) is 3. The van der Waals surface area contributed by atoms with E-state index < -0.39 is 0 Å². The van der Waals surface area contributed by atoms with Gasteiger partial charge in [0.1, 0.15) is 11.5 Å². The fourth-order valence-corrected chi connectivity index (χ4v) is 2.23. The molecule has 0 bridgehead atoms. The van der Waals surface area contributed by atoms with E-state index >= 15 is 0 Å². The lowest BCUT2D eigenvalue weighted by Crippen LogP contribution is -1.95. The molecule has 3 aromatic rings. The van der Waals surface area contributed by atoms with E-state index in [9.17, 15) is 5.11 Å². The van der Waals surface area contributed by atoms with Gasteiger partial charge in [-0.25, -0.2) is 0 Å². The summed E-state index contributed by atoms with van der Waals surface area (Å²) in [5.74, 6) is 2.28. The first-order valence-corrected chi connectivity index (χ1v) is 6.89. The third-order valence-electron chi connectivity index (χ3n) is 3.20. The van der Waals surface area contributed by atoms with Crippen molar-refractivity contribution in [3.8, 4) is 23.0 Å². The van der Waals surface area contributed by atoms with Gasteiger partial charge in [-0.2, -0.15) is 0 Å². The Morgan fingerprint density at radius 3 is 2.43 bits per heavy atom. The molecule has 3 nitrogen and oxygen atoms in total. The van der Waals surface area contributed by atoms with Crippen LogP contribution in [0, 0.1) is 0 Å². The molecule has 0 aromatic heterocycles. The van der Waals surface area contributed by atoms with Crippen molar-refractivity contribution < 1.29 is 14.6 Å². The second-order valence-corrected chi connectivity index (χ2v) is 4.64. The Kier molecular flexibility index (Phi) is 3.65. The van der Waals surface area contributed by atoms with E-state index in [2.05, 4.69) is 0 Å². The second-order valence-electron chi connectivity index (χ2n) is 4.64. The van der Waals surface area contributed by atoms with E-state index in [1.54, 1.807) is 24.3 Å². The third kappa shape index (κ3) is 2.77. The predicted octanol–water partition coefficient (Wildman–Crippen LogP) is 4.74. The Balaban J connectivity index is 2.09. The number of phenols is 1. The highest BCUT2D eigenvalue weighted by Crippen LogP contribution is 2.38. The van der Waals surface area contributed by atoms with Crippen molar-refractivity contribution >= 4 is 10.8 Å². The van der Waals surface area contributed by atoms with E-state index in [-0.39, 0.29) is 5.75 Å². The maximum absolute atomic E-state index is 9.35. The van der Waals surface area contributed by atoms with Crippen LogP contribution in [-0.2, 0) is 0 Å². The fraction of sp³-hybridized carbons (Fsp3) is 0.111. The largest absolute Gasteiger partial charge is 0.508 e. The maximum Gasteiger partial charge on any atom is 0.177 e. The smallest absolute Gasteiger partial charge is 0.177 e. The van der Waals surface area contributed by atoms with Crippen LogP contribution >= 0.6 is 0 Å². The first-order chi connectivity index (χ1) is 10.3. The summed E-state index contributed by atoms with van der Waals surface area (Å²) in [6.45, 7) is 2.52. The molecule has 0 heterocycles. The van der Waals surface area contributed by atoms with Crippen LogP contribution in [0.1, 0.15) is 6.92 Å². The summed E-state index contributed by atoms with van der Waals surface area (Å²) in [5, 5.41) is 11.4. The highest BCUT2D eigenvalue weighted by molar-refractivity contribution is 5.91. The average molecular weight is 280 g/mol. The molecule has 0 radical (unpaired) electrons. The fourth-order valence-electron chi connectivity index (χ4n) is 2.23. The SMILES string of the molecule is CCOc1ccc2ccccc2c1Oc1ccc(O)cc1. The van der Waals surface area contributed by atoms with Gasteiger partial charge in [0, 0.05) is 5.39 Å². The lowest BCUT2D eigenvalue weighted by molar-refractivity contribution is 0.323. The molecule has 3 aromatic carbocycles. The maximum atomic E-state index is 9.35. The van der Waals surface area contributed by atoms with E-state index in [1.807, 2.05) is 43.3 Å². The predicted molar refractivity (Wildman–Crippen MR) is 83.3 cm³/mol. The molecule has 0 saturated carbocycles. The van der Waals surface area contributed by atoms with Crippen molar-refractivity contribution in [1.29, 1.82) is 0 Å². The molecule has 0 aliphatic heterocycles. The molecule has 0 amide bonds. The molecule has 3 rings (SSSR count). The molecule has 3 heteroatoms. The molecular weight excluding hydrogens is 264 g/mol. The van der Waals surface area contributed by atoms with Crippen LogP contribution in [0.5, 0.6) is 23.0 Å².